The van der Waals surface area contributed by atoms with E-state index < -0.39 is 0 Å². The average Bonchev–Trinajstić information content (AvgIpc) is 3.00. The highest BCUT2D eigenvalue weighted by Crippen LogP contribution is 2.35. The Hall–Kier alpha value is -1.99. The van der Waals surface area contributed by atoms with Crippen molar-refractivity contribution in [2.45, 2.75) is 38.8 Å². The molecule has 2 aromatic heterocycles. The number of imidazole rings is 1. The van der Waals surface area contributed by atoms with Crippen molar-refractivity contribution in [3.05, 3.63) is 46.2 Å². The Bertz CT molecular complexity index is 782. The third-order valence-electron chi connectivity index (χ3n) is 5.34. The fraction of sp³-hybridized carbons (Fsp3) is 0.632. The second-order valence-corrected chi connectivity index (χ2v) is 7.49. The zero-order valence-corrected chi connectivity index (χ0v) is 16.3. The highest BCUT2D eigenvalue weighted by Gasteiger charge is 2.32. The molecule has 0 aromatic carbocycles. The Balaban J connectivity index is 1.72. The van der Waals surface area contributed by atoms with Gasteiger partial charge in [0.05, 0.1) is 24.6 Å². The summed E-state index contributed by atoms with van der Waals surface area (Å²) < 4.78 is 2.13. The maximum atomic E-state index is 11.8. The van der Waals surface area contributed by atoms with E-state index in [-0.39, 0.29) is 5.56 Å². The van der Waals surface area contributed by atoms with E-state index in [2.05, 4.69) is 50.5 Å². The van der Waals surface area contributed by atoms with Crippen molar-refractivity contribution in [2.24, 2.45) is 13.0 Å². The summed E-state index contributed by atoms with van der Waals surface area (Å²) in [6.07, 6.45) is 7.05. The van der Waals surface area contributed by atoms with Gasteiger partial charge in [0.25, 0.3) is 5.56 Å². The van der Waals surface area contributed by atoms with E-state index in [9.17, 15) is 4.79 Å². The normalized spacial score (nSPS) is 21.4. The molecule has 3 rings (SSSR count). The molecular formula is C19H30N6O. The minimum atomic E-state index is -0.0644. The molecule has 26 heavy (non-hydrogen) atoms. The van der Waals surface area contributed by atoms with Gasteiger partial charge in [0, 0.05) is 31.5 Å². The Labute approximate surface area is 155 Å². The van der Waals surface area contributed by atoms with Crippen LogP contribution in [0.3, 0.4) is 0 Å². The molecule has 3 heterocycles. The van der Waals surface area contributed by atoms with Gasteiger partial charge in [-0.2, -0.15) is 0 Å². The van der Waals surface area contributed by atoms with Crippen molar-refractivity contribution >= 4 is 0 Å². The van der Waals surface area contributed by atoms with Crippen molar-refractivity contribution in [2.75, 3.05) is 27.2 Å². The summed E-state index contributed by atoms with van der Waals surface area (Å²) in [6.45, 7) is 4.75. The SMILES string of the molecule is CCc1cc(=O)[nH]c(CN(C)C[C@@H]2CCCN(C)[C@H]2c2cncn2C)n1. The monoisotopic (exact) mass is 358 g/mol. The first-order valence-electron chi connectivity index (χ1n) is 9.42. The predicted octanol–water partition coefficient (Wildman–Crippen LogP) is 1.58. The van der Waals surface area contributed by atoms with Gasteiger partial charge in [0.1, 0.15) is 5.82 Å². The largest absolute Gasteiger partial charge is 0.336 e. The molecule has 1 saturated heterocycles. The van der Waals surface area contributed by atoms with E-state index in [1.807, 2.05) is 19.4 Å². The molecule has 2 aromatic rings. The third kappa shape index (κ3) is 4.22. The van der Waals surface area contributed by atoms with Gasteiger partial charge in [-0.1, -0.05) is 6.92 Å². The summed E-state index contributed by atoms with van der Waals surface area (Å²) >= 11 is 0. The van der Waals surface area contributed by atoms with Crippen LogP contribution in [0.15, 0.2) is 23.4 Å². The summed E-state index contributed by atoms with van der Waals surface area (Å²) in [5.74, 6) is 1.27. The smallest absolute Gasteiger partial charge is 0.251 e. The van der Waals surface area contributed by atoms with Gasteiger partial charge in [-0.3, -0.25) is 14.6 Å². The van der Waals surface area contributed by atoms with Crippen molar-refractivity contribution in [1.82, 2.24) is 29.3 Å². The lowest BCUT2D eigenvalue weighted by Gasteiger charge is -2.40. The lowest BCUT2D eigenvalue weighted by Crippen LogP contribution is -2.41. The van der Waals surface area contributed by atoms with Gasteiger partial charge in [-0.15, -0.1) is 0 Å². The minimum Gasteiger partial charge on any atom is -0.336 e. The van der Waals surface area contributed by atoms with Gasteiger partial charge < -0.3 is 9.55 Å². The Kier molecular flexibility index (Phi) is 5.88. The fourth-order valence-electron chi connectivity index (χ4n) is 4.11. The quantitative estimate of drug-likeness (QED) is 0.849. The van der Waals surface area contributed by atoms with E-state index in [0.29, 0.717) is 18.5 Å². The van der Waals surface area contributed by atoms with Gasteiger partial charge in [0.2, 0.25) is 0 Å². The van der Waals surface area contributed by atoms with Crippen LogP contribution >= 0.6 is 0 Å². The number of hydrogen-bond acceptors (Lipinski definition) is 5. The molecule has 0 radical (unpaired) electrons. The molecule has 0 aliphatic carbocycles. The van der Waals surface area contributed by atoms with Gasteiger partial charge >= 0.3 is 0 Å². The number of hydrogen-bond donors (Lipinski definition) is 1. The number of aromatic amines is 1. The molecule has 0 unspecified atom stereocenters. The number of nitrogens with zero attached hydrogens (tertiary/aromatic N) is 5. The number of aryl methyl sites for hydroxylation is 2. The van der Waals surface area contributed by atoms with E-state index in [0.717, 1.165) is 31.0 Å². The summed E-state index contributed by atoms with van der Waals surface area (Å²) in [6, 6.07) is 1.95. The molecule has 1 aliphatic rings. The molecular weight excluding hydrogens is 328 g/mol. The van der Waals surface area contributed by atoms with Gasteiger partial charge in [-0.05, 0) is 45.8 Å². The van der Waals surface area contributed by atoms with Gasteiger partial charge in [-0.25, -0.2) is 9.97 Å². The van der Waals surface area contributed by atoms with E-state index in [4.69, 9.17) is 0 Å². The fourth-order valence-corrected chi connectivity index (χ4v) is 4.11. The Morgan fingerprint density at radius 3 is 2.88 bits per heavy atom. The van der Waals surface area contributed by atoms with Crippen LogP contribution in [0.25, 0.3) is 0 Å². The number of aromatic nitrogens is 4. The number of rotatable bonds is 6. The first kappa shape index (κ1) is 18.8. The van der Waals surface area contributed by atoms with E-state index in [1.54, 1.807) is 6.07 Å². The maximum Gasteiger partial charge on any atom is 0.251 e. The molecule has 0 bridgehead atoms. The van der Waals surface area contributed by atoms with Crippen LogP contribution in [0.5, 0.6) is 0 Å². The Morgan fingerprint density at radius 1 is 1.38 bits per heavy atom. The second kappa shape index (κ2) is 8.14. The lowest BCUT2D eigenvalue weighted by molar-refractivity contribution is 0.0873. The van der Waals surface area contributed by atoms with Crippen LogP contribution < -0.4 is 5.56 Å². The molecule has 2 atom stereocenters. The molecule has 142 valence electrons. The van der Waals surface area contributed by atoms with Crippen LogP contribution in [0.4, 0.5) is 0 Å². The summed E-state index contributed by atoms with van der Waals surface area (Å²) in [7, 11) is 6.37. The molecule has 0 saturated carbocycles. The maximum absolute atomic E-state index is 11.8. The molecule has 0 amide bonds. The van der Waals surface area contributed by atoms with E-state index >= 15 is 0 Å². The molecule has 1 aliphatic heterocycles. The third-order valence-corrected chi connectivity index (χ3v) is 5.34. The van der Waals surface area contributed by atoms with Crippen LogP contribution in [0.2, 0.25) is 0 Å². The number of nitrogens with one attached hydrogen (secondary N) is 1. The van der Waals surface area contributed by atoms with Gasteiger partial charge in [0.15, 0.2) is 0 Å². The Morgan fingerprint density at radius 2 is 2.19 bits per heavy atom. The summed E-state index contributed by atoms with van der Waals surface area (Å²) in [5.41, 5.74) is 2.05. The zero-order chi connectivity index (χ0) is 18.7. The average molecular weight is 358 g/mol. The van der Waals surface area contributed by atoms with Crippen molar-refractivity contribution in [3.63, 3.8) is 0 Å². The molecule has 0 spiro atoms. The zero-order valence-electron chi connectivity index (χ0n) is 16.3. The molecule has 7 nitrogen and oxygen atoms in total. The van der Waals surface area contributed by atoms with Crippen molar-refractivity contribution < 1.29 is 0 Å². The van der Waals surface area contributed by atoms with Crippen LogP contribution in [-0.4, -0.2) is 56.5 Å². The van der Waals surface area contributed by atoms with Crippen LogP contribution in [0.1, 0.15) is 43.0 Å². The standard InChI is InChI=1S/C19H30N6O/c1-5-15-9-18(26)22-17(21-15)12-23(2)11-14-7-6-8-24(3)19(14)16-10-20-13-25(16)4/h9-10,13-14,19H,5-8,11-12H2,1-4H3,(H,21,22,26)/t14-,19+/m0/s1. The van der Waals surface area contributed by atoms with Crippen LogP contribution in [-0.2, 0) is 20.0 Å². The number of piperidine rings is 1. The summed E-state index contributed by atoms with van der Waals surface area (Å²) in [4.78, 5) is 28.3. The minimum absolute atomic E-state index is 0.0644. The first-order valence-corrected chi connectivity index (χ1v) is 9.42. The van der Waals surface area contributed by atoms with Crippen molar-refractivity contribution in [1.29, 1.82) is 0 Å². The summed E-state index contributed by atoms with van der Waals surface area (Å²) in [5, 5.41) is 0. The molecule has 7 heteroatoms. The second-order valence-electron chi connectivity index (χ2n) is 7.49. The van der Waals surface area contributed by atoms with Crippen LogP contribution in [0, 0.1) is 5.92 Å². The number of H-pyrrole nitrogens is 1. The highest BCUT2D eigenvalue weighted by molar-refractivity contribution is 5.09. The van der Waals surface area contributed by atoms with Crippen molar-refractivity contribution in [3.8, 4) is 0 Å². The molecule has 1 N–H and O–H groups in total. The topological polar surface area (TPSA) is 70.1 Å². The van der Waals surface area contributed by atoms with E-state index in [1.165, 1.54) is 18.5 Å². The highest BCUT2D eigenvalue weighted by atomic mass is 16.1. The number of likely N-dealkylation sites (tertiary alicyclic amines) is 1. The molecule has 1 fully saturated rings. The lowest BCUT2D eigenvalue weighted by atomic mass is 9.87. The first-order chi connectivity index (χ1) is 12.5. The predicted molar refractivity (Wildman–Crippen MR) is 102 cm³/mol.